The summed E-state index contributed by atoms with van der Waals surface area (Å²) >= 11 is 0. The van der Waals surface area contributed by atoms with Gasteiger partial charge in [-0.25, -0.2) is 0 Å². The molecule has 71 heavy (non-hydrogen) atoms. The molecule has 0 fully saturated rings. The molecule has 0 bridgehead atoms. The van der Waals surface area contributed by atoms with E-state index in [0.717, 1.165) is 69.6 Å². The van der Waals surface area contributed by atoms with E-state index in [1.165, 1.54) is 257 Å². The van der Waals surface area contributed by atoms with Gasteiger partial charge >= 0.3 is 17.9 Å². The topological polar surface area (TPSA) is 78.9 Å². The van der Waals surface area contributed by atoms with Gasteiger partial charge in [0.05, 0.1) is 0 Å². The summed E-state index contributed by atoms with van der Waals surface area (Å²) in [5.74, 6) is 0.845. The fourth-order valence-corrected chi connectivity index (χ4v) is 10.1. The van der Waals surface area contributed by atoms with Crippen molar-refractivity contribution in [1.29, 1.82) is 0 Å². The van der Waals surface area contributed by atoms with E-state index in [4.69, 9.17) is 14.2 Å². The molecule has 0 rings (SSSR count). The molecular formula is C65H126O6. The Kier molecular flexibility index (Phi) is 56.4. The van der Waals surface area contributed by atoms with Crippen LogP contribution in [0.25, 0.3) is 0 Å². The Labute approximate surface area is 444 Å². The van der Waals surface area contributed by atoms with Crippen molar-refractivity contribution in [2.24, 2.45) is 11.8 Å². The average molecular weight is 1000 g/mol. The zero-order valence-corrected chi connectivity index (χ0v) is 48.9. The average Bonchev–Trinajstić information content (AvgIpc) is 3.35. The third kappa shape index (κ3) is 59.2. The second kappa shape index (κ2) is 57.7. The largest absolute Gasteiger partial charge is 0.462 e. The summed E-state index contributed by atoms with van der Waals surface area (Å²) in [6, 6.07) is 0. The third-order valence-electron chi connectivity index (χ3n) is 15.0. The van der Waals surface area contributed by atoms with Gasteiger partial charge in [-0.3, -0.25) is 14.4 Å². The molecule has 0 radical (unpaired) electrons. The second-order valence-corrected chi connectivity index (χ2v) is 23.4. The number of ether oxygens (including phenoxy) is 3. The molecule has 0 saturated carbocycles. The Hall–Kier alpha value is -1.59. The van der Waals surface area contributed by atoms with Crippen LogP contribution in [0.2, 0.25) is 0 Å². The molecule has 1 atom stereocenters. The minimum absolute atomic E-state index is 0.0621. The number of carbonyl (C=O) groups is 3. The zero-order valence-electron chi connectivity index (χ0n) is 48.9. The number of esters is 3. The fourth-order valence-electron chi connectivity index (χ4n) is 10.1. The first-order valence-electron chi connectivity index (χ1n) is 32.2. The molecule has 0 aromatic rings. The van der Waals surface area contributed by atoms with Crippen LogP contribution in [0.5, 0.6) is 0 Å². The minimum Gasteiger partial charge on any atom is -0.462 e. The maximum Gasteiger partial charge on any atom is 0.306 e. The van der Waals surface area contributed by atoms with E-state index in [2.05, 4.69) is 34.6 Å². The first-order chi connectivity index (χ1) is 34.7. The number of carbonyl (C=O) groups excluding carboxylic acids is 3. The van der Waals surface area contributed by atoms with Crippen LogP contribution in [0, 0.1) is 11.8 Å². The summed E-state index contributed by atoms with van der Waals surface area (Å²) < 4.78 is 17.0. The van der Waals surface area contributed by atoms with Gasteiger partial charge in [0.1, 0.15) is 13.2 Å². The van der Waals surface area contributed by atoms with E-state index in [9.17, 15) is 14.4 Å². The Bertz CT molecular complexity index is 1090. The number of hydrogen-bond donors (Lipinski definition) is 0. The normalized spacial score (nSPS) is 12.0. The highest BCUT2D eigenvalue weighted by molar-refractivity contribution is 5.71. The molecule has 0 aliphatic carbocycles. The molecule has 0 aliphatic rings. The van der Waals surface area contributed by atoms with Crippen molar-refractivity contribution in [3.63, 3.8) is 0 Å². The van der Waals surface area contributed by atoms with Crippen molar-refractivity contribution in [2.45, 2.75) is 375 Å². The molecule has 0 spiro atoms. The smallest absolute Gasteiger partial charge is 0.306 e. The zero-order chi connectivity index (χ0) is 51.8. The highest BCUT2D eigenvalue weighted by Crippen LogP contribution is 2.19. The van der Waals surface area contributed by atoms with Gasteiger partial charge in [-0.1, -0.05) is 330 Å². The molecule has 0 unspecified atom stereocenters. The summed E-state index contributed by atoms with van der Waals surface area (Å²) in [7, 11) is 0. The summed E-state index contributed by atoms with van der Waals surface area (Å²) in [6.45, 7) is 11.4. The SMILES string of the molecule is CCCCCCCCCCCCCCCCCCCCCC(=O)O[C@H](COC(=O)CCCCCCCCCCCCCCCCCCCCC(C)C)COC(=O)CCCCCCCCCCCCC(C)C. The highest BCUT2D eigenvalue weighted by atomic mass is 16.6. The molecule has 0 aliphatic heterocycles. The van der Waals surface area contributed by atoms with Gasteiger partial charge < -0.3 is 14.2 Å². The predicted octanol–water partition coefficient (Wildman–Crippen LogP) is 21.6. The van der Waals surface area contributed by atoms with Crippen molar-refractivity contribution in [3.05, 3.63) is 0 Å². The molecular weight excluding hydrogens is 877 g/mol. The molecule has 0 aromatic carbocycles. The maximum atomic E-state index is 12.9. The van der Waals surface area contributed by atoms with Crippen molar-refractivity contribution in [1.82, 2.24) is 0 Å². The molecule has 0 heterocycles. The Balaban J connectivity index is 4.24. The van der Waals surface area contributed by atoms with Crippen LogP contribution < -0.4 is 0 Å². The molecule has 6 nitrogen and oxygen atoms in total. The van der Waals surface area contributed by atoms with Crippen LogP contribution >= 0.6 is 0 Å². The number of unbranched alkanes of at least 4 members (excludes halogenated alkanes) is 44. The highest BCUT2D eigenvalue weighted by Gasteiger charge is 2.19. The standard InChI is InChI=1S/C65H126O6/c1-6-7-8-9-10-11-12-13-14-15-16-21-24-27-30-37-42-47-52-57-65(68)71-62(59-70-64(67)56-51-46-41-36-32-31-34-39-44-49-54-61(4)5)58-69-63(66)55-50-45-40-35-29-26-23-20-18-17-19-22-25-28-33-38-43-48-53-60(2)3/h60-62H,6-59H2,1-5H3/t62-/m1/s1. The van der Waals surface area contributed by atoms with Crippen LogP contribution in [-0.2, 0) is 28.6 Å². The molecule has 0 N–H and O–H groups in total. The van der Waals surface area contributed by atoms with Crippen LogP contribution in [0.3, 0.4) is 0 Å². The fraction of sp³-hybridized carbons (Fsp3) is 0.954. The van der Waals surface area contributed by atoms with Crippen molar-refractivity contribution in [2.75, 3.05) is 13.2 Å². The van der Waals surface area contributed by atoms with Crippen LogP contribution in [0.15, 0.2) is 0 Å². The van der Waals surface area contributed by atoms with E-state index in [1.807, 2.05) is 0 Å². The number of hydrogen-bond acceptors (Lipinski definition) is 6. The molecule has 0 aromatic heterocycles. The van der Waals surface area contributed by atoms with E-state index in [-0.39, 0.29) is 31.1 Å². The Morgan fingerprint density at radius 3 is 0.690 bits per heavy atom. The summed E-state index contributed by atoms with van der Waals surface area (Å²) in [4.78, 5) is 38.3. The monoisotopic (exact) mass is 1000 g/mol. The third-order valence-corrected chi connectivity index (χ3v) is 15.0. The van der Waals surface area contributed by atoms with Gasteiger partial charge in [0.2, 0.25) is 0 Å². The van der Waals surface area contributed by atoms with Gasteiger partial charge in [0.15, 0.2) is 6.10 Å². The Morgan fingerprint density at radius 1 is 0.268 bits per heavy atom. The van der Waals surface area contributed by atoms with E-state index >= 15 is 0 Å². The lowest BCUT2D eigenvalue weighted by Gasteiger charge is -2.18. The quantitative estimate of drug-likeness (QED) is 0.0343. The van der Waals surface area contributed by atoms with Crippen molar-refractivity contribution >= 4 is 17.9 Å². The number of rotatable bonds is 59. The first kappa shape index (κ1) is 69.4. The molecule has 6 heteroatoms. The van der Waals surface area contributed by atoms with Gasteiger partial charge in [0.25, 0.3) is 0 Å². The van der Waals surface area contributed by atoms with E-state index < -0.39 is 6.10 Å². The van der Waals surface area contributed by atoms with E-state index in [1.54, 1.807) is 0 Å². The van der Waals surface area contributed by atoms with Gasteiger partial charge in [-0.05, 0) is 31.1 Å². The van der Waals surface area contributed by atoms with Crippen LogP contribution in [0.1, 0.15) is 369 Å². The summed E-state index contributed by atoms with van der Waals surface area (Å²) in [5.41, 5.74) is 0. The first-order valence-corrected chi connectivity index (χ1v) is 32.2. The molecule has 0 saturated heterocycles. The summed E-state index contributed by atoms with van der Waals surface area (Å²) in [6.07, 6.45) is 64.0. The minimum atomic E-state index is -0.764. The van der Waals surface area contributed by atoms with E-state index in [0.29, 0.717) is 19.3 Å². The Morgan fingerprint density at radius 2 is 0.465 bits per heavy atom. The molecule has 422 valence electrons. The lowest BCUT2D eigenvalue weighted by atomic mass is 10.0. The van der Waals surface area contributed by atoms with Crippen molar-refractivity contribution < 1.29 is 28.6 Å². The maximum absolute atomic E-state index is 12.9. The van der Waals surface area contributed by atoms with Crippen LogP contribution in [0.4, 0.5) is 0 Å². The van der Waals surface area contributed by atoms with Crippen molar-refractivity contribution in [3.8, 4) is 0 Å². The molecule has 0 amide bonds. The summed E-state index contributed by atoms with van der Waals surface area (Å²) in [5, 5.41) is 0. The van der Waals surface area contributed by atoms with Gasteiger partial charge in [-0.15, -0.1) is 0 Å². The second-order valence-electron chi connectivity index (χ2n) is 23.4. The predicted molar refractivity (Wildman–Crippen MR) is 307 cm³/mol. The lowest BCUT2D eigenvalue weighted by molar-refractivity contribution is -0.167. The van der Waals surface area contributed by atoms with Crippen LogP contribution in [-0.4, -0.2) is 37.2 Å². The van der Waals surface area contributed by atoms with Gasteiger partial charge in [0, 0.05) is 19.3 Å². The lowest BCUT2D eigenvalue weighted by Crippen LogP contribution is -2.30. The van der Waals surface area contributed by atoms with Gasteiger partial charge in [-0.2, -0.15) is 0 Å².